The molecule has 1 aliphatic rings. The quantitative estimate of drug-likeness (QED) is 0.405. The number of nitro benzene ring substituents is 1. The standard InChI is InChI=1S/C21H21ClN2O5/c22-19-7-6-17(24(27)28)13-18(19)21(26)29-14-20(25)23-10-8-16(9-11-23)12-15-4-2-1-3-5-15/h1-7,13,16H,8-12,14H2. The van der Waals surface area contributed by atoms with E-state index >= 15 is 0 Å². The number of nitro groups is 1. The Morgan fingerprint density at radius 1 is 1.14 bits per heavy atom. The van der Waals surface area contributed by atoms with Gasteiger partial charge >= 0.3 is 5.97 Å². The van der Waals surface area contributed by atoms with Crippen molar-refractivity contribution in [1.82, 2.24) is 4.90 Å². The van der Waals surface area contributed by atoms with Gasteiger partial charge in [0.05, 0.1) is 15.5 Å². The maximum atomic E-state index is 12.4. The molecule has 0 aromatic heterocycles. The number of carbonyl (C=O) groups excluding carboxylic acids is 2. The minimum Gasteiger partial charge on any atom is -0.452 e. The maximum absolute atomic E-state index is 12.4. The Labute approximate surface area is 173 Å². The van der Waals surface area contributed by atoms with E-state index in [9.17, 15) is 19.7 Å². The molecular formula is C21H21ClN2O5. The number of nitrogens with zero attached hydrogens (tertiary/aromatic N) is 2. The number of non-ortho nitro benzene ring substituents is 1. The number of amides is 1. The van der Waals surface area contributed by atoms with Gasteiger partial charge in [0, 0.05) is 25.2 Å². The summed E-state index contributed by atoms with van der Waals surface area (Å²) in [5.74, 6) is -0.614. The highest BCUT2D eigenvalue weighted by Crippen LogP contribution is 2.24. The van der Waals surface area contributed by atoms with Crippen LogP contribution in [0.3, 0.4) is 0 Å². The average molecular weight is 417 g/mol. The van der Waals surface area contributed by atoms with Crippen molar-refractivity contribution in [3.8, 4) is 0 Å². The highest BCUT2D eigenvalue weighted by molar-refractivity contribution is 6.33. The number of benzene rings is 2. The summed E-state index contributed by atoms with van der Waals surface area (Å²) in [5, 5.41) is 10.9. The van der Waals surface area contributed by atoms with Crippen LogP contribution in [0.25, 0.3) is 0 Å². The zero-order valence-corrected chi connectivity index (χ0v) is 16.5. The van der Waals surface area contributed by atoms with Crippen molar-refractivity contribution in [1.29, 1.82) is 0 Å². The van der Waals surface area contributed by atoms with Crippen LogP contribution in [0.5, 0.6) is 0 Å². The Hall–Kier alpha value is -2.93. The van der Waals surface area contributed by atoms with Crippen LogP contribution in [0.15, 0.2) is 48.5 Å². The third-order valence-electron chi connectivity index (χ3n) is 5.04. The van der Waals surface area contributed by atoms with Gasteiger partial charge in [0.25, 0.3) is 11.6 Å². The second-order valence-electron chi connectivity index (χ2n) is 7.01. The van der Waals surface area contributed by atoms with Gasteiger partial charge in [0.1, 0.15) is 0 Å². The van der Waals surface area contributed by atoms with Crippen LogP contribution in [-0.2, 0) is 16.0 Å². The lowest BCUT2D eigenvalue weighted by Crippen LogP contribution is -2.41. The van der Waals surface area contributed by atoms with Gasteiger partial charge in [-0.3, -0.25) is 14.9 Å². The first-order chi connectivity index (χ1) is 13.9. The predicted octanol–water partition coefficient (Wildman–Crippen LogP) is 3.89. The molecule has 0 bridgehead atoms. The van der Waals surface area contributed by atoms with Gasteiger partial charge in [-0.05, 0) is 36.8 Å². The lowest BCUT2D eigenvalue weighted by atomic mass is 9.90. The van der Waals surface area contributed by atoms with Crippen LogP contribution in [-0.4, -0.2) is 41.4 Å². The fraction of sp³-hybridized carbons (Fsp3) is 0.333. The maximum Gasteiger partial charge on any atom is 0.340 e. The predicted molar refractivity (Wildman–Crippen MR) is 108 cm³/mol. The first-order valence-electron chi connectivity index (χ1n) is 9.37. The molecule has 0 radical (unpaired) electrons. The van der Waals surface area contributed by atoms with Crippen molar-refractivity contribution in [2.24, 2.45) is 5.92 Å². The summed E-state index contributed by atoms with van der Waals surface area (Å²) < 4.78 is 5.04. The van der Waals surface area contributed by atoms with E-state index in [2.05, 4.69) is 12.1 Å². The van der Waals surface area contributed by atoms with Gasteiger partial charge in [-0.1, -0.05) is 41.9 Å². The zero-order valence-electron chi connectivity index (χ0n) is 15.8. The van der Waals surface area contributed by atoms with Crippen LogP contribution < -0.4 is 0 Å². The van der Waals surface area contributed by atoms with Crippen LogP contribution in [0, 0.1) is 16.0 Å². The molecular weight excluding hydrogens is 396 g/mol. The van der Waals surface area contributed by atoms with E-state index in [1.165, 1.54) is 17.7 Å². The molecule has 0 aliphatic carbocycles. The normalized spacial score (nSPS) is 14.4. The van der Waals surface area contributed by atoms with E-state index in [0.29, 0.717) is 19.0 Å². The number of esters is 1. The molecule has 29 heavy (non-hydrogen) atoms. The summed E-state index contributed by atoms with van der Waals surface area (Å²) in [4.78, 5) is 36.5. The van der Waals surface area contributed by atoms with Crippen molar-refractivity contribution in [3.63, 3.8) is 0 Å². The number of likely N-dealkylation sites (tertiary alicyclic amines) is 1. The summed E-state index contributed by atoms with van der Waals surface area (Å²) in [7, 11) is 0. The van der Waals surface area contributed by atoms with E-state index in [0.717, 1.165) is 25.3 Å². The Bertz CT molecular complexity index is 895. The minimum atomic E-state index is -0.856. The van der Waals surface area contributed by atoms with Gasteiger partial charge in [0.2, 0.25) is 0 Å². The lowest BCUT2D eigenvalue weighted by Gasteiger charge is -2.32. The van der Waals surface area contributed by atoms with Crippen LogP contribution in [0.4, 0.5) is 5.69 Å². The van der Waals surface area contributed by atoms with Crippen molar-refractivity contribution in [2.75, 3.05) is 19.7 Å². The fourth-order valence-corrected chi connectivity index (χ4v) is 3.61. The van der Waals surface area contributed by atoms with Gasteiger partial charge in [0.15, 0.2) is 6.61 Å². The molecule has 2 aromatic carbocycles. The summed E-state index contributed by atoms with van der Waals surface area (Å²) in [5.41, 5.74) is 0.892. The van der Waals surface area contributed by atoms with Gasteiger partial charge in [-0.15, -0.1) is 0 Å². The van der Waals surface area contributed by atoms with E-state index in [1.54, 1.807) is 4.90 Å². The second kappa shape index (κ2) is 9.52. The van der Waals surface area contributed by atoms with Crippen LogP contribution in [0.2, 0.25) is 5.02 Å². The summed E-state index contributed by atoms with van der Waals surface area (Å²) in [6.45, 7) is 0.818. The van der Waals surface area contributed by atoms with E-state index in [1.807, 2.05) is 18.2 Å². The number of hydrogen-bond donors (Lipinski definition) is 0. The Balaban J connectivity index is 1.48. The Morgan fingerprint density at radius 3 is 2.48 bits per heavy atom. The topological polar surface area (TPSA) is 89.8 Å². The third-order valence-corrected chi connectivity index (χ3v) is 5.37. The molecule has 0 atom stereocenters. The molecule has 0 spiro atoms. The summed E-state index contributed by atoms with van der Waals surface area (Å²) in [6.07, 6.45) is 2.78. The molecule has 2 aromatic rings. The molecule has 1 heterocycles. The number of rotatable bonds is 6. The third kappa shape index (κ3) is 5.54. The largest absolute Gasteiger partial charge is 0.452 e. The zero-order chi connectivity index (χ0) is 20.8. The molecule has 0 N–H and O–H groups in total. The Morgan fingerprint density at radius 2 is 1.83 bits per heavy atom. The van der Waals surface area contributed by atoms with Crippen molar-refractivity contribution in [2.45, 2.75) is 19.3 Å². The molecule has 152 valence electrons. The molecule has 1 amide bonds. The first-order valence-corrected chi connectivity index (χ1v) is 9.74. The highest BCUT2D eigenvalue weighted by Gasteiger charge is 2.24. The number of carbonyl (C=O) groups is 2. The number of halogens is 1. The SMILES string of the molecule is O=C(OCC(=O)N1CCC(Cc2ccccc2)CC1)c1cc([N+](=O)[O-])ccc1Cl. The molecule has 1 aliphatic heterocycles. The monoisotopic (exact) mass is 416 g/mol. The van der Waals surface area contributed by atoms with E-state index in [4.69, 9.17) is 16.3 Å². The molecule has 3 rings (SSSR count). The highest BCUT2D eigenvalue weighted by atomic mass is 35.5. The molecule has 7 nitrogen and oxygen atoms in total. The van der Waals surface area contributed by atoms with Gasteiger partial charge in [-0.25, -0.2) is 4.79 Å². The summed E-state index contributed by atoms with van der Waals surface area (Å²) >= 11 is 5.92. The first kappa shape index (κ1) is 20.8. The summed E-state index contributed by atoms with van der Waals surface area (Å²) in [6, 6.07) is 13.8. The lowest BCUT2D eigenvalue weighted by molar-refractivity contribution is -0.384. The van der Waals surface area contributed by atoms with Crippen molar-refractivity contribution >= 4 is 29.2 Å². The molecule has 8 heteroatoms. The molecule has 0 unspecified atom stereocenters. The van der Waals surface area contributed by atoms with Crippen molar-refractivity contribution < 1.29 is 19.2 Å². The molecule has 1 fully saturated rings. The molecule has 0 saturated carbocycles. The van der Waals surface area contributed by atoms with Crippen molar-refractivity contribution in [3.05, 3.63) is 74.8 Å². The molecule has 1 saturated heterocycles. The fourth-order valence-electron chi connectivity index (χ4n) is 3.41. The number of ether oxygens (including phenoxy) is 1. The number of piperidine rings is 1. The Kier molecular flexibility index (Phi) is 6.82. The van der Waals surface area contributed by atoms with E-state index in [-0.39, 0.29) is 22.2 Å². The van der Waals surface area contributed by atoms with Crippen LogP contribution in [0.1, 0.15) is 28.8 Å². The average Bonchev–Trinajstić information content (AvgIpc) is 2.73. The second-order valence-corrected chi connectivity index (χ2v) is 7.42. The van der Waals surface area contributed by atoms with Gasteiger partial charge < -0.3 is 9.64 Å². The minimum absolute atomic E-state index is 0.0368. The van der Waals surface area contributed by atoms with Gasteiger partial charge in [-0.2, -0.15) is 0 Å². The number of hydrogen-bond acceptors (Lipinski definition) is 5. The van der Waals surface area contributed by atoms with E-state index < -0.39 is 17.5 Å². The van der Waals surface area contributed by atoms with Crippen LogP contribution >= 0.6 is 11.6 Å². The smallest absolute Gasteiger partial charge is 0.340 e.